The van der Waals surface area contributed by atoms with Crippen LogP contribution in [0.2, 0.25) is 0 Å². The zero-order valence-corrected chi connectivity index (χ0v) is 20.5. The van der Waals surface area contributed by atoms with Crippen LogP contribution in [-0.4, -0.2) is 12.6 Å². The van der Waals surface area contributed by atoms with E-state index in [0.29, 0.717) is 30.3 Å². The maximum atomic E-state index is 12.1. The molecule has 0 aliphatic heterocycles. The largest absolute Gasteiger partial charge is 0.462 e. The van der Waals surface area contributed by atoms with Crippen molar-refractivity contribution < 1.29 is 9.53 Å². The summed E-state index contributed by atoms with van der Waals surface area (Å²) in [6.45, 7) is 2.70. The van der Waals surface area contributed by atoms with Crippen LogP contribution in [0, 0.1) is 17.8 Å². The third-order valence-electron chi connectivity index (χ3n) is 8.10. The van der Waals surface area contributed by atoms with E-state index in [2.05, 4.69) is 31.2 Å². The molecule has 2 aliphatic rings. The van der Waals surface area contributed by atoms with Gasteiger partial charge in [0.25, 0.3) is 0 Å². The molecule has 2 aromatic carbocycles. The first-order valence-corrected chi connectivity index (χ1v) is 13.1. The molecule has 0 unspecified atom stereocenters. The van der Waals surface area contributed by atoms with E-state index in [1.54, 1.807) is 12.1 Å². The number of esters is 1. The molecule has 4 N–H and O–H groups in total. The van der Waals surface area contributed by atoms with Crippen molar-refractivity contribution in [2.75, 3.05) is 18.1 Å². The van der Waals surface area contributed by atoms with Gasteiger partial charge in [-0.1, -0.05) is 50.1 Å². The van der Waals surface area contributed by atoms with Crippen molar-refractivity contribution >= 4 is 23.4 Å². The molecule has 2 aromatic rings. The van der Waals surface area contributed by atoms with Crippen molar-refractivity contribution in [1.82, 2.24) is 0 Å². The van der Waals surface area contributed by atoms with E-state index >= 15 is 0 Å². The van der Waals surface area contributed by atoms with E-state index in [-0.39, 0.29) is 5.97 Å². The van der Waals surface area contributed by atoms with Gasteiger partial charge >= 0.3 is 5.97 Å². The van der Waals surface area contributed by atoms with Crippen LogP contribution in [0.25, 0.3) is 6.08 Å². The number of hydrogen-bond acceptors (Lipinski definition) is 4. The van der Waals surface area contributed by atoms with Crippen LogP contribution in [0.1, 0.15) is 80.9 Å². The fourth-order valence-corrected chi connectivity index (χ4v) is 5.88. The first-order valence-electron chi connectivity index (χ1n) is 13.1. The number of carbonyl (C=O) groups is 1. The predicted octanol–water partition coefficient (Wildman–Crippen LogP) is 6.75. The average molecular weight is 461 g/mol. The van der Waals surface area contributed by atoms with Gasteiger partial charge in [-0.25, -0.2) is 4.79 Å². The van der Waals surface area contributed by atoms with Gasteiger partial charge in [0.05, 0.1) is 6.61 Å². The van der Waals surface area contributed by atoms with Gasteiger partial charge in [0.2, 0.25) is 0 Å². The van der Waals surface area contributed by atoms with Gasteiger partial charge in [-0.3, -0.25) is 0 Å². The predicted molar refractivity (Wildman–Crippen MR) is 141 cm³/mol. The highest BCUT2D eigenvalue weighted by Crippen LogP contribution is 2.43. The van der Waals surface area contributed by atoms with E-state index in [9.17, 15) is 4.79 Å². The highest BCUT2D eigenvalue weighted by Gasteiger charge is 2.30. The molecule has 0 aromatic heterocycles. The Balaban J connectivity index is 1.20. The lowest BCUT2D eigenvalue weighted by Gasteiger charge is -2.37. The van der Waals surface area contributed by atoms with Gasteiger partial charge in [-0.2, -0.15) is 0 Å². The zero-order chi connectivity index (χ0) is 23.9. The molecule has 0 amide bonds. The number of rotatable bonds is 7. The Morgan fingerprint density at radius 3 is 2.21 bits per heavy atom. The second-order valence-corrected chi connectivity index (χ2v) is 10.5. The fraction of sp³-hybridized carbons (Fsp3) is 0.500. The number of anilines is 2. The Morgan fingerprint density at radius 2 is 1.56 bits per heavy atom. The fourth-order valence-electron chi connectivity index (χ4n) is 5.88. The van der Waals surface area contributed by atoms with Gasteiger partial charge in [0, 0.05) is 23.9 Å². The van der Waals surface area contributed by atoms with Gasteiger partial charge in [0.1, 0.15) is 0 Å². The normalized spacial score (nSPS) is 25.3. The van der Waals surface area contributed by atoms with E-state index < -0.39 is 0 Å². The second kappa shape index (κ2) is 11.6. The van der Waals surface area contributed by atoms with Crippen molar-refractivity contribution in [3.8, 4) is 0 Å². The summed E-state index contributed by atoms with van der Waals surface area (Å²) >= 11 is 0. The minimum Gasteiger partial charge on any atom is -0.462 e. The summed E-state index contributed by atoms with van der Waals surface area (Å²) in [4.78, 5) is 12.1. The average Bonchev–Trinajstić information content (AvgIpc) is 2.85. The Bertz CT molecular complexity index is 966. The van der Waals surface area contributed by atoms with E-state index in [0.717, 1.165) is 28.9 Å². The Kier molecular flexibility index (Phi) is 8.31. The highest BCUT2D eigenvalue weighted by atomic mass is 16.5. The highest BCUT2D eigenvalue weighted by molar-refractivity contribution is 5.87. The summed E-state index contributed by atoms with van der Waals surface area (Å²) in [6, 6.07) is 14.1. The molecule has 34 heavy (non-hydrogen) atoms. The quantitative estimate of drug-likeness (QED) is 0.272. The molecule has 182 valence electrons. The number of nitrogens with two attached hydrogens (primary N) is 2. The lowest BCUT2D eigenvalue weighted by atomic mass is 9.68. The van der Waals surface area contributed by atoms with Gasteiger partial charge in [-0.15, -0.1) is 0 Å². The van der Waals surface area contributed by atoms with Crippen LogP contribution in [0.3, 0.4) is 0 Å². The number of hydrogen-bond donors (Lipinski definition) is 2. The first kappa shape index (κ1) is 24.4. The van der Waals surface area contributed by atoms with E-state index in [4.69, 9.17) is 16.2 Å². The van der Waals surface area contributed by atoms with Crippen LogP contribution in [0.4, 0.5) is 11.4 Å². The number of nitrogen functional groups attached to an aromatic ring is 2. The molecule has 4 heteroatoms. The summed E-state index contributed by atoms with van der Waals surface area (Å²) in [6.07, 6.45) is 15.1. The molecule has 0 heterocycles. The zero-order valence-electron chi connectivity index (χ0n) is 20.5. The third-order valence-corrected chi connectivity index (χ3v) is 8.10. The van der Waals surface area contributed by atoms with Crippen LogP contribution in [-0.2, 0) is 16.0 Å². The van der Waals surface area contributed by atoms with Crippen LogP contribution in [0.15, 0.2) is 48.5 Å². The topological polar surface area (TPSA) is 78.3 Å². The standard InChI is InChI=1S/C30H40N2O2/c1-21-2-7-23(8-3-21)25-11-13-26(14-12-25)24-9-4-22(5-10-24)6-17-30(33)34-19-18-27-15-16-28(31)20-29(27)32/h4-6,9-10,15-17,20-21,23,25-26H,2-3,7-8,11-14,18-19,31-32H2,1H3/b17-6+. The SMILES string of the molecule is CC1CCC(C2CCC(c3ccc(/C=C/C(=O)OCCc4ccc(N)cc4N)cc3)CC2)CC1. The van der Waals surface area contributed by atoms with Gasteiger partial charge in [0.15, 0.2) is 0 Å². The Morgan fingerprint density at radius 1 is 0.912 bits per heavy atom. The second-order valence-electron chi connectivity index (χ2n) is 10.5. The van der Waals surface area contributed by atoms with Crippen LogP contribution >= 0.6 is 0 Å². The molecule has 4 nitrogen and oxygen atoms in total. The number of benzene rings is 2. The summed E-state index contributed by atoms with van der Waals surface area (Å²) in [5.74, 6) is 3.22. The maximum absolute atomic E-state index is 12.1. The monoisotopic (exact) mass is 460 g/mol. The maximum Gasteiger partial charge on any atom is 0.330 e. The molecule has 0 radical (unpaired) electrons. The summed E-state index contributed by atoms with van der Waals surface area (Å²) in [5.41, 5.74) is 16.3. The van der Waals surface area contributed by atoms with Crippen molar-refractivity contribution in [3.63, 3.8) is 0 Å². The molecule has 2 saturated carbocycles. The molecular weight excluding hydrogens is 420 g/mol. The lowest BCUT2D eigenvalue weighted by Crippen LogP contribution is -2.24. The molecule has 0 spiro atoms. The number of carbonyl (C=O) groups excluding carboxylic acids is 1. The first-order chi connectivity index (χ1) is 16.5. The molecule has 2 aliphatic carbocycles. The van der Waals surface area contributed by atoms with E-state index in [1.165, 1.54) is 63.0 Å². The minimum absolute atomic E-state index is 0.290. The van der Waals surface area contributed by atoms with Crippen molar-refractivity contribution in [2.45, 2.75) is 70.6 Å². The van der Waals surface area contributed by atoms with E-state index in [1.807, 2.05) is 12.1 Å². The van der Waals surface area contributed by atoms with Crippen LogP contribution in [0.5, 0.6) is 0 Å². The van der Waals surface area contributed by atoms with Crippen molar-refractivity contribution in [2.24, 2.45) is 17.8 Å². The minimum atomic E-state index is -0.339. The lowest BCUT2D eigenvalue weighted by molar-refractivity contribution is -0.137. The smallest absolute Gasteiger partial charge is 0.330 e. The molecule has 0 bridgehead atoms. The summed E-state index contributed by atoms with van der Waals surface area (Å²) in [5, 5.41) is 0. The Hall–Kier alpha value is -2.75. The number of ether oxygens (including phenoxy) is 1. The van der Waals surface area contributed by atoms with Crippen LogP contribution < -0.4 is 11.5 Å². The van der Waals surface area contributed by atoms with Crippen molar-refractivity contribution in [1.29, 1.82) is 0 Å². The molecule has 4 rings (SSSR count). The third kappa shape index (κ3) is 6.65. The van der Waals surface area contributed by atoms with Gasteiger partial charge < -0.3 is 16.2 Å². The molecule has 2 fully saturated rings. The van der Waals surface area contributed by atoms with Crippen molar-refractivity contribution in [3.05, 3.63) is 65.2 Å². The molecule has 0 saturated heterocycles. The molecule has 0 atom stereocenters. The summed E-state index contributed by atoms with van der Waals surface area (Å²) < 4.78 is 5.33. The molecular formula is C30H40N2O2. The Labute approximate surface area is 204 Å². The summed E-state index contributed by atoms with van der Waals surface area (Å²) in [7, 11) is 0. The van der Waals surface area contributed by atoms with Gasteiger partial charge in [-0.05, 0) is 97.1 Å².